The molecule has 2 rings (SSSR count). The number of carbonyl (C=O) groups excluding carboxylic acids is 1. The van der Waals surface area contributed by atoms with E-state index in [0.717, 1.165) is 0 Å². The van der Waals surface area contributed by atoms with Crippen LogP contribution in [0.25, 0.3) is 10.9 Å². The number of benzene rings is 1. The van der Waals surface area contributed by atoms with Crippen molar-refractivity contribution in [2.45, 2.75) is 10.7 Å². The Balaban J connectivity index is 2.67. The van der Waals surface area contributed by atoms with Crippen LogP contribution in [-0.4, -0.2) is 17.6 Å². The third kappa shape index (κ3) is 2.96. The van der Waals surface area contributed by atoms with Crippen molar-refractivity contribution in [2.24, 2.45) is 0 Å². The minimum absolute atomic E-state index is 0.183. The first kappa shape index (κ1) is 15.6. The SMILES string of the molecule is CCOC(=O)c1cnc2c(C(Cl)(Cl)Cl)cccc2c1Cl. The molecule has 0 amide bonds. The van der Waals surface area contributed by atoms with Crippen LogP contribution in [0.3, 0.4) is 0 Å². The summed E-state index contributed by atoms with van der Waals surface area (Å²) in [5.41, 5.74) is 1.02. The van der Waals surface area contributed by atoms with E-state index in [-0.39, 0.29) is 17.2 Å². The van der Waals surface area contributed by atoms with Gasteiger partial charge in [-0.2, -0.15) is 0 Å². The Morgan fingerprint density at radius 2 is 2.05 bits per heavy atom. The molecule has 0 N–H and O–H groups in total. The third-order valence-electron chi connectivity index (χ3n) is 2.63. The predicted molar refractivity (Wildman–Crippen MR) is 81.9 cm³/mol. The average Bonchev–Trinajstić information content (AvgIpc) is 2.37. The molecular weight excluding hydrogens is 344 g/mol. The van der Waals surface area contributed by atoms with Gasteiger partial charge in [-0.1, -0.05) is 64.6 Å². The van der Waals surface area contributed by atoms with Crippen LogP contribution in [0.1, 0.15) is 22.8 Å². The number of ether oxygens (including phenoxy) is 1. The number of pyridine rings is 1. The second-order valence-corrected chi connectivity index (χ2v) is 6.57. The molecular formula is C13H9Cl4NO2. The molecule has 2 aromatic rings. The fraction of sp³-hybridized carbons (Fsp3) is 0.231. The Hall–Kier alpha value is -0.740. The largest absolute Gasteiger partial charge is 0.462 e. The van der Waals surface area contributed by atoms with Crippen molar-refractivity contribution in [1.82, 2.24) is 4.98 Å². The minimum atomic E-state index is -1.62. The van der Waals surface area contributed by atoms with Crippen molar-refractivity contribution >= 4 is 63.3 Å². The molecule has 0 saturated heterocycles. The zero-order valence-electron chi connectivity index (χ0n) is 10.3. The van der Waals surface area contributed by atoms with Gasteiger partial charge in [-0.25, -0.2) is 4.79 Å². The third-order valence-corrected chi connectivity index (χ3v) is 3.65. The number of aromatic nitrogens is 1. The molecule has 1 heterocycles. The van der Waals surface area contributed by atoms with Gasteiger partial charge in [0.2, 0.25) is 3.79 Å². The van der Waals surface area contributed by atoms with Gasteiger partial charge in [0, 0.05) is 17.1 Å². The molecule has 20 heavy (non-hydrogen) atoms. The quantitative estimate of drug-likeness (QED) is 0.570. The minimum Gasteiger partial charge on any atom is -0.462 e. The lowest BCUT2D eigenvalue weighted by Crippen LogP contribution is -2.08. The lowest BCUT2D eigenvalue weighted by molar-refractivity contribution is 0.0526. The second kappa shape index (κ2) is 5.94. The molecule has 0 bridgehead atoms. The molecule has 0 spiro atoms. The number of rotatable bonds is 2. The number of esters is 1. The summed E-state index contributed by atoms with van der Waals surface area (Å²) >= 11 is 23.9. The summed E-state index contributed by atoms with van der Waals surface area (Å²) in [5.74, 6) is -0.536. The number of hydrogen-bond donors (Lipinski definition) is 0. The topological polar surface area (TPSA) is 39.2 Å². The molecule has 0 fully saturated rings. The summed E-state index contributed by atoms with van der Waals surface area (Å²) in [6.45, 7) is 1.96. The van der Waals surface area contributed by atoms with Crippen molar-refractivity contribution in [3.63, 3.8) is 0 Å². The lowest BCUT2D eigenvalue weighted by atomic mass is 10.1. The summed E-state index contributed by atoms with van der Waals surface area (Å²) in [6.07, 6.45) is 1.32. The van der Waals surface area contributed by atoms with Crippen LogP contribution >= 0.6 is 46.4 Å². The number of alkyl halides is 3. The van der Waals surface area contributed by atoms with E-state index in [1.165, 1.54) is 6.20 Å². The molecule has 1 aromatic carbocycles. The Kier molecular flexibility index (Phi) is 4.65. The second-order valence-electron chi connectivity index (χ2n) is 3.91. The van der Waals surface area contributed by atoms with Crippen LogP contribution in [-0.2, 0) is 8.53 Å². The predicted octanol–water partition coefficient (Wildman–Crippen LogP) is 4.89. The zero-order valence-corrected chi connectivity index (χ0v) is 13.3. The van der Waals surface area contributed by atoms with Crippen molar-refractivity contribution in [3.05, 3.63) is 40.5 Å². The molecule has 0 saturated carbocycles. The summed E-state index contributed by atoms with van der Waals surface area (Å²) < 4.78 is 3.29. The molecule has 7 heteroatoms. The van der Waals surface area contributed by atoms with Crippen molar-refractivity contribution in [2.75, 3.05) is 6.61 Å². The number of halogens is 4. The van der Waals surface area contributed by atoms with Crippen molar-refractivity contribution in [3.8, 4) is 0 Å². The van der Waals surface area contributed by atoms with E-state index in [1.54, 1.807) is 25.1 Å². The molecule has 0 aliphatic rings. The number of fused-ring (bicyclic) bond motifs is 1. The van der Waals surface area contributed by atoms with Crippen LogP contribution in [0.4, 0.5) is 0 Å². The number of carbonyl (C=O) groups is 1. The Morgan fingerprint density at radius 1 is 1.35 bits per heavy atom. The van der Waals surface area contributed by atoms with Crippen LogP contribution in [0, 0.1) is 0 Å². The molecule has 106 valence electrons. The summed E-state index contributed by atoms with van der Waals surface area (Å²) in [4.78, 5) is 15.9. The first-order valence-corrected chi connectivity index (χ1v) is 7.19. The fourth-order valence-corrected chi connectivity index (χ4v) is 2.51. The smallest absolute Gasteiger partial charge is 0.341 e. The molecule has 0 unspecified atom stereocenters. The maximum atomic E-state index is 11.8. The highest BCUT2D eigenvalue weighted by Crippen LogP contribution is 2.42. The normalized spacial score (nSPS) is 11.7. The van der Waals surface area contributed by atoms with E-state index < -0.39 is 9.76 Å². The fourth-order valence-electron chi connectivity index (χ4n) is 1.77. The van der Waals surface area contributed by atoms with E-state index >= 15 is 0 Å². The molecule has 3 nitrogen and oxygen atoms in total. The van der Waals surface area contributed by atoms with Gasteiger partial charge in [-0.05, 0) is 6.92 Å². The van der Waals surface area contributed by atoms with Gasteiger partial charge in [0.15, 0.2) is 0 Å². The highest BCUT2D eigenvalue weighted by Gasteiger charge is 2.27. The zero-order chi connectivity index (χ0) is 14.9. The maximum absolute atomic E-state index is 11.8. The Labute approximate surface area is 135 Å². The van der Waals surface area contributed by atoms with Crippen molar-refractivity contribution in [1.29, 1.82) is 0 Å². The highest BCUT2D eigenvalue weighted by molar-refractivity contribution is 6.67. The van der Waals surface area contributed by atoms with Crippen LogP contribution in [0.15, 0.2) is 24.4 Å². The summed E-state index contributed by atoms with van der Waals surface area (Å²) in [6, 6.07) is 5.03. The maximum Gasteiger partial charge on any atom is 0.341 e. The van der Waals surface area contributed by atoms with Gasteiger partial charge < -0.3 is 4.74 Å². The van der Waals surface area contributed by atoms with E-state index in [9.17, 15) is 4.79 Å². The van der Waals surface area contributed by atoms with Gasteiger partial charge >= 0.3 is 5.97 Å². The highest BCUT2D eigenvalue weighted by atomic mass is 35.6. The molecule has 0 aliphatic carbocycles. The van der Waals surface area contributed by atoms with Gasteiger partial charge in [-0.15, -0.1) is 0 Å². The number of hydrogen-bond acceptors (Lipinski definition) is 3. The molecule has 0 radical (unpaired) electrons. The Morgan fingerprint density at radius 3 is 2.65 bits per heavy atom. The van der Waals surface area contributed by atoms with E-state index in [2.05, 4.69) is 4.98 Å². The molecule has 0 aliphatic heterocycles. The van der Waals surface area contributed by atoms with Crippen molar-refractivity contribution < 1.29 is 9.53 Å². The number of para-hydroxylation sites is 1. The first-order valence-electron chi connectivity index (χ1n) is 5.67. The summed E-state index contributed by atoms with van der Waals surface area (Å²) in [7, 11) is 0. The molecule has 0 atom stereocenters. The van der Waals surface area contributed by atoms with Crippen LogP contribution in [0.2, 0.25) is 5.02 Å². The first-order chi connectivity index (χ1) is 9.36. The standard InChI is InChI=1S/C13H9Cl4NO2/c1-2-20-12(19)8-6-18-11-7(10(8)14)4-3-5-9(11)13(15,16)17/h3-6H,2H2,1H3. The Bertz CT molecular complexity index is 667. The monoisotopic (exact) mass is 351 g/mol. The van der Waals surface area contributed by atoms with E-state index in [4.69, 9.17) is 51.1 Å². The van der Waals surface area contributed by atoms with Gasteiger partial charge in [0.1, 0.15) is 0 Å². The van der Waals surface area contributed by atoms with Gasteiger partial charge in [0.25, 0.3) is 0 Å². The van der Waals surface area contributed by atoms with Crippen LogP contribution in [0.5, 0.6) is 0 Å². The van der Waals surface area contributed by atoms with E-state index in [0.29, 0.717) is 16.5 Å². The summed E-state index contributed by atoms with van der Waals surface area (Å²) in [5, 5.41) is 0.755. The van der Waals surface area contributed by atoms with Gasteiger partial charge in [-0.3, -0.25) is 4.98 Å². The van der Waals surface area contributed by atoms with E-state index in [1.807, 2.05) is 0 Å². The number of nitrogens with zero attached hydrogens (tertiary/aromatic N) is 1. The van der Waals surface area contributed by atoms with Gasteiger partial charge in [0.05, 0.1) is 22.7 Å². The molecule has 1 aromatic heterocycles. The van der Waals surface area contributed by atoms with Crippen LogP contribution < -0.4 is 0 Å². The average molecular weight is 353 g/mol. The lowest BCUT2D eigenvalue weighted by Gasteiger charge is -2.14.